The van der Waals surface area contributed by atoms with Crippen molar-refractivity contribution in [2.24, 2.45) is 22.7 Å². The zero-order valence-electron chi connectivity index (χ0n) is 15.1. The molecule has 2 aliphatic heterocycles. The molecule has 0 unspecified atom stereocenters. The van der Waals surface area contributed by atoms with Crippen molar-refractivity contribution in [1.29, 1.82) is 0 Å². The van der Waals surface area contributed by atoms with Crippen molar-refractivity contribution in [2.45, 2.75) is 83.7 Å². The molecule has 3 aliphatic carbocycles. The van der Waals surface area contributed by atoms with Gasteiger partial charge in [-0.2, -0.15) is 0 Å². The highest BCUT2D eigenvalue weighted by Crippen LogP contribution is 2.71. The minimum Gasteiger partial charge on any atom is -0.454 e. The molecule has 0 bridgehead atoms. The third kappa shape index (κ3) is 1.56. The van der Waals surface area contributed by atoms with E-state index in [0.717, 1.165) is 43.3 Å². The summed E-state index contributed by atoms with van der Waals surface area (Å²) in [6, 6.07) is 0. The SMILES string of the molecule is CC1=C2[C@H]3O[C@]34CC[C@@H]3C(C)(C)CC[C@H](O)[C@@]3(C)[C@@H]4C[C@H]2OC1=O. The fourth-order valence-corrected chi connectivity index (χ4v) is 7.13. The van der Waals surface area contributed by atoms with Gasteiger partial charge in [-0.25, -0.2) is 4.79 Å². The first kappa shape index (κ1) is 15.4. The second-order valence-corrected chi connectivity index (χ2v) is 9.72. The summed E-state index contributed by atoms with van der Waals surface area (Å²) in [5, 5.41) is 11.0. The Kier molecular flexibility index (Phi) is 2.74. The molecule has 5 rings (SSSR count). The molecule has 1 N–H and O–H groups in total. The van der Waals surface area contributed by atoms with Gasteiger partial charge in [0.2, 0.25) is 0 Å². The summed E-state index contributed by atoms with van der Waals surface area (Å²) in [7, 11) is 0. The van der Waals surface area contributed by atoms with Crippen molar-refractivity contribution in [2.75, 3.05) is 0 Å². The highest BCUT2D eigenvalue weighted by molar-refractivity contribution is 5.92. The molecule has 0 aromatic carbocycles. The van der Waals surface area contributed by atoms with E-state index in [2.05, 4.69) is 20.8 Å². The first-order valence-electron chi connectivity index (χ1n) is 9.49. The maximum absolute atomic E-state index is 12.1. The molecule has 132 valence electrons. The van der Waals surface area contributed by atoms with Crippen LogP contribution in [0.3, 0.4) is 0 Å². The summed E-state index contributed by atoms with van der Waals surface area (Å²) >= 11 is 0. The molecule has 1 spiro atoms. The first-order valence-corrected chi connectivity index (χ1v) is 9.49. The Morgan fingerprint density at radius 2 is 1.88 bits per heavy atom. The van der Waals surface area contributed by atoms with Gasteiger partial charge in [0.25, 0.3) is 0 Å². The van der Waals surface area contributed by atoms with Gasteiger partial charge in [0.1, 0.15) is 17.8 Å². The highest BCUT2D eigenvalue weighted by Gasteiger charge is 2.76. The zero-order chi connectivity index (χ0) is 17.1. The number of rotatable bonds is 0. The van der Waals surface area contributed by atoms with Gasteiger partial charge in [-0.05, 0) is 50.4 Å². The van der Waals surface area contributed by atoms with Crippen molar-refractivity contribution in [3.63, 3.8) is 0 Å². The summed E-state index contributed by atoms with van der Waals surface area (Å²) in [5.41, 5.74) is 1.81. The van der Waals surface area contributed by atoms with Gasteiger partial charge in [0.15, 0.2) is 0 Å². The quantitative estimate of drug-likeness (QED) is 0.547. The van der Waals surface area contributed by atoms with E-state index < -0.39 is 0 Å². The lowest BCUT2D eigenvalue weighted by atomic mass is 9.43. The van der Waals surface area contributed by atoms with E-state index in [0.29, 0.717) is 5.92 Å². The number of carbonyl (C=O) groups excluding carboxylic acids is 1. The maximum atomic E-state index is 12.1. The van der Waals surface area contributed by atoms with Crippen LogP contribution in [0.15, 0.2) is 11.1 Å². The van der Waals surface area contributed by atoms with Crippen LogP contribution in [0.25, 0.3) is 0 Å². The van der Waals surface area contributed by atoms with Crippen molar-refractivity contribution in [3.8, 4) is 0 Å². The Hall–Kier alpha value is -0.870. The second-order valence-electron chi connectivity index (χ2n) is 9.72. The van der Waals surface area contributed by atoms with E-state index >= 15 is 0 Å². The van der Waals surface area contributed by atoms with Crippen LogP contribution in [0.4, 0.5) is 0 Å². The monoisotopic (exact) mass is 332 g/mol. The minimum atomic E-state index is -0.286. The summed E-state index contributed by atoms with van der Waals surface area (Å²) in [6.07, 6.45) is 4.56. The van der Waals surface area contributed by atoms with Crippen LogP contribution in [0, 0.1) is 22.7 Å². The Labute approximate surface area is 143 Å². The van der Waals surface area contributed by atoms with E-state index in [4.69, 9.17) is 9.47 Å². The van der Waals surface area contributed by atoms with Gasteiger partial charge >= 0.3 is 5.97 Å². The summed E-state index contributed by atoms with van der Waals surface area (Å²) < 4.78 is 12.0. The molecule has 5 aliphatic rings. The zero-order valence-corrected chi connectivity index (χ0v) is 15.1. The van der Waals surface area contributed by atoms with E-state index in [1.165, 1.54) is 0 Å². The van der Waals surface area contributed by atoms with Crippen LogP contribution in [-0.4, -0.2) is 35.0 Å². The Morgan fingerprint density at radius 3 is 2.62 bits per heavy atom. The number of fused-ring (bicyclic) bond motifs is 4. The third-order valence-electron chi connectivity index (χ3n) is 8.43. The minimum absolute atomic E-state index is 0.0442. The largest absolute Gasteiger partial charge is 0.454 e. The highest BCUT2D eigenvalue weighted by atomic mass is 16.6. The van der Waals surface area contributed by atoms with Gasteiger partial charge in [0, 0.05) is 22.5 Å². The number of epoxide rings is 1. The van der Waals surface area contributed by atoms with Gasteiger partial charge in [0.05, 0.1) is 6.10 Å². The lowest BCUT2D eigenvalue weighted by Gasteiger charge is -2.61. The van der Waals surface area contributed by atoms with E-state index in [-0.39, 0.29) is 46.6 Å². The van der Waals surface area contributed by atoms with Crippen LogP contribution < -0.4 is 0 Å². The average molecular weight is 332 g/mol. The number of ether oxygens (including phenoxy) is 2. The molecular weight excluding hydrogens is 304 g/mol. The second kappa shape index (κ2) is 4.27. The van der Waals surface area contributed by atoms with E-state index in [1.807, 2.05) is 6.92 Å². The molecule has 0 aromatic rings. The molecule has 1 saturated heterocycles. The molecule has 4 nitrogen and oxygen atoms in total. The van der Waals surface area contributed by atoms with E-state index in [1.54, 1.807) is 0 Å². The fraction of sp³-hybridized carbons (Fsp3) is 0.850. The molecule has 3 saturated carbocycles. The van der Waals surface area contributed by atoms with Crippen LogP contribution in [0.5, 0.6) is 0 Å². The van der Waals surface area contributed by atoms with Crippen LogP contribution >= 0.6 is 0 Å². The Morgan fingerprint density at radius 1 is 1.12 bits per heavy atom. The number of aliphatic hydroxyl groups excluding tert-OH is 1. The molecule has 0 radical (unpaired) electrons. The number of esters is 1. The van der Waals surface area contributed by atoms with Crippen LogP contribution in [0.2, 0.25) is 0 Å². The molecule has 24 heavy (non-hydrogen) atoms. The maximum Gasteiger partial charge on any atom is 0.334 e. The standard InChI is InChI=1S/C20H28O4/c1-10-15-11(23-17(10)22)9-13-19(4)12(5-8-20(13)16(15)24-20)18(2,3)7-6-14(19)21/h11-14,16,21H,5-9H2,1-4H3/t11-,12-,13+,14+,16-,19-,20+/m1/s1. The molecule has 0 aromatic heterocycles. The van der Waals surface area contributed by atoms with Crippen molar-refractivity contribution >= 4 is 5.97 Å². The molecule has 4 heteroatoms. The van der Waals surface area contributed by atoms with Gasteiger partial charge in [-0.15, -0.1) is 0 Å². The lowest BCUT2D eigenvalue weighted by Crippen LogP contribution is -2.62. The normalized spacial score (nSPS) is 54.4. The Bertz CT molecular complexity index is 665. The fourth-order valence-electron chi connectivity index (χ4n) is 7.13. The van der Waals surface area contributed by atoms with Crippen LogP contribution in [0.1, 0.15) is 59.8 Å². The number of aliphatic hydroxyl groups is 1. The Balaban J connectivity index is 1.59. The van der Waals surface area contributed by atoms with Gasteiger partial charge in [-0.1, -0.05) is 20.8 Å². The number of hydrogen-bond donors (Lipinski definition) is 1. The smallest absolute Gasteiger partial charge is 0.334 e. The third-order valence-corrected chi connectivity index (χ3v) is 8.43. The molecule has 7 atom stereocenters. The summed E-state index contributed by atoms with van der Waals surface area (Å²) in [6.45, 7) is 8.88. The van der Waals surface area contributed by atoms with E-state index in [9.17, 15) is 9.90 Å². The summed E-state index contributed by atoms with van der Waals surface area (Å²) in [4.78, 5) is 12.1. The summed E-state index contributed by atoms with van der Waals surface area (Å²) in [5.74, 6) is 0.597. The van der Waals surface area contributed by atoms with Crippen molar-refractivity contribution < 1.29 is 19.4 Å². The first-order chi connectivity index (χ1) is 11.2. The lowest BCUT2D eigenvalue weighted by molar-refractivity contribution is -0.181. The van der Waals surface area contributed by atoms with Crippen molar-refractivity contribution in [1.82, 2.24) is 0 Å². The molecule has 2 heterocycles. The molecule has 0 amide bonds. The topological polar surface area (TPSA) is 59.1 Å². The molecule has 4 fully saturated rings. The average Bonchev–Trinajstić information content (AvgIpc) is 3.16. The van der Waals surface area contributed by atoms with Crippen molar-refractivity contribution in [3.05, 3.63) is 11.1 Å². The predicted molar refractivity (Wildman–Crippen MR) is 88.1 cm³/mol. The van der Waals surface area contributed by atoms with Crippen LogP contribution in [-0.2, 0) is 14.3 Å². The number of hydrogen-bond acceptors (Lipinski definition) is 4. The van der Waals surface area contributed by atoms with Gasteiger partial charge in [-0.3, -0.25) is 0 Å². The van der Waals surface area contributed by atoms with Gasteiger partial charge < -0.3 is 14.6 Å². The predicted octanol–water partition coefficient (Wildman–Crippen LogP) is 2.98. The molecular formula is C20H28O4. The number of carbonyl (C=O) groups is 1.